The third kappa shape index (κ3) is 13.0. The molecule has 68 heavy (non-hydrogen) atoms. The van der Waals surface area contributed by atoms with Crippen LogP contribution in [-0.4, -0.2) is 97.4 Å². The van der Waals surface area contributed by atoms with Crippen LogP contribution in [0.3, 0.4) is 0 Å². The first-order valence-corrected chi connectivity index (χ1v) is 25.5. The number of carbonyl (C=O) groups is 2. The number of halogens is 3. The van der Waals surface area contributed by atoms with Crippen molar-refractivity contribution < 1.29 is 23.8 Å². The molecule has 2 aliphatic heterocycles. The van der Waals surface area contributed by atoms with Crippen LogP contribution in [0.25, 0.3) is 21.6 Å². The molecule has 3 aromatic heterocycles. The van der Waals surface area contributed by atoms with Gasteiger partial charge < -0.3 is 36.0 Å². The molecule has 0 spiro atoms. The number of anilines is 1. The number of aromatic nitrogens is 4. The van der Waals surface area contributed by atoms with Gasteiger partial charge in [-0.2, -0.15) is 5.10 Å². The van der Waals surface area contributed by atoms with Gasteiger partial charge in [-0.1, -0.05) is 93.9 Å². The first-order chi connectivity index (χ1) is 32.6. The van der Waals surface area contributed by atoms with Crippen molar-refractivity contribution in [2.45, 2.75) is 129 Å². The normalized spacial score (nSPS) is 17.9. The van der Waals surface area contributed by atoms with Crippen LogP contribution in [-0.2, 0) is 16.1 Å². The van der Waals surface area contributed by atoms with E-state index < -0.39 is 30.1 Å². The number of amides is 2. The largest absolute Gasteiger partial charge is 0.482 e. The molecule has 0 aliphatic carbocycles. The minimum Gasteiger partial charge on any atom is -0.482 e. The van der Waals surface area contributed by atoms with E-state index in [1.807, 2.05) is 80.6 Å². The van der Waals surface area contributed by atoms with E-state index in [0.29, 0.717) is 35.5 Å². The number of nitrogens with one attached hydrogen (secondary N) is 2. The summed E-state index contributed by atoms with van der Waals surface area (Å²) in [5.74, 6) is -0.411. The van der Waals surface area contributed by atoms with Crippen molar-refractivity contribution in [1.29, 1.82) is 0 Å². The summed E-state index contributed by atoms with van der Waals surface area (Å²) in [5, 5.41) is 22.1. The summed E-state index contributed by atoms with van der Waals surface area (Å²) in [6.45, 7) is 14.2. The lowest BCUT2D eigenvalue weighted by atomic mass is 9.85. The first-order valence-electron chi connectivity index (χ1n) is 23.9. The number of unbranched alkanes of at least 4 members (excludes halogenated alkanes) is 5. The molecular formula is C51H66Cl2FN9O4S. The quantitative estimate of drug-likeness (QED) is 0.0436. The Balaban J connectivity index is 0.782. The van der Waals surface area contributed by atoms with Crippen molar-refractivity contribution in [3.8, 4) is 27.3 Å². The fraction of sp³-hybridized carbons (Fsp3) is 0.510. The van der Waals surface area contributed by atoms with E-state index in [4.69, 9.17) is 38.8 Å². The molecule has 2 fully saturated rings. The highest BCUT2D eigenvalue weighted by Crippen LogP contribution is 2.37. The SMILES string of the molecule is Cc1ncsc1-c1ccc(CNC(=O)[C@@H]2C[C@@H](O)CN2C(=O)C(NCCCCCCCCN2CCC(n3cc(-c4cnc(N)c(OC(C)c5c(Cl)ccc(F)c5Cl)c4)cn3)CC2)C(C)(C)C)cc1. The Hall–Kier alpha value is -4.64. The Kier molecular flexibility index (Phi) is 17.6. The second kappa shape index (κ2) is 23.3. The maximum Gasteiger partial charge on any atom is 0.243 e. The molecule has 5 heterocycles. The highest BCUT2D eigenvalue weighted by Gasteiger charge is 2.43. The second-order valence-electron chi connectivity index (χ2n) is 19.4. The van der Waals surface area contributed by atoms with Gasteiger partial charge in [0, 0.05) is 66.7 Å². The Morgan fingerprint density at radius 2 is 1.71 bits per heavy atom. The average Bonchev–Trinajstić information content (AvgIpc) is 4.08. The van der Waals surface area contributed by atoms with Crippen molar-refractivity contribution in [2.75, 3.05) is 38.5 Å². The van der Waals surface area contributed by atoms with E-state index in [2.05, 4.69) is 25.5 Å². The molecule has 2 aromatic carbocycles. The molecule has 0 radical (unpaired) electrons. The maximum atomic E-state index is 14.2. The number of carbonyl (C=O) groups excluding carboxylic acids is 2. The number of aliphatic hydroxyl groups is 1. The van der Waals surface area contributed by atoms with Gasteiger partial charge in [0.25, 0.3) is 0 Å². The molecule has 366 valence electrons. The molecule has 2 aliphatic rings. The van der Waals surface area contributed by atoms with Gasteiger partial charge in [0.05, 0.1) is 45.5 Å². The van der Waals surface area contributed by atoms with E-state index in [0.717, 1.165) is 91.0 Å². The summed E-state index contributed by atoms with van der Waals surface area (Å²) in [6.07, 6.45) is 13.1. The smallest absolute Gasteiger partial charge is 0.243 e. The Bertz CT molecular complexity index is 2470. The van der Waals surface area contributed by atoms with Crippen LogP contribution in [0, 0.1) is 18.2 Å². The standard InChI is InChI=1S/C51H66Cl2FN9O4S/c1-32-46(68-31-59-32)35-14-12-34(13-15-35)26-58-49(65)42-25-39(64)30-62(42)50(66)47(51(3,4)5)56-20-10-8-6-7-9-11-21-61-22-18-38(19-23-61)63-29-37(28-60-63)36-24-43(48(55)57-27-36)67-33(2)44-40(52)16-17-41(54)45(44)53/h12-17,24,27-29,31,33,38-39,42,47,56,64H,6-11,18-23,25-26,30H2,1-5H3,(H2,55,57)(H,58,65)/t33?,39-,42+,47?/m1/s1. The number of β-amino-alcohol motifs (C(OH)–C–C–N with tert-alkyl or cyclic N) is 1. The lowest BCUT2D eigenvalue weighted by Crippen LogP contribution is -2.56. The molecule has 2 unspecified atom stereocenters. The molecule has 5 aromatic rings. The van der Waals surface area contributed by atoms with Gasteiger partial charge >= 0.3 is 0 Å². The van der Waals surface area contributed by atoms with Crippen LogP contribution < -0.4 is 21.1 Å². The molecule has 0 bridgehead atoms. The van der Waals surface area contributed by atoms with Gasteiger partial charge in [-0.15, -0.1) is 11.3 Å². The van der Waals surface area contributed by atoms with E-state index in [1.165, 1.54) is 25.0 Å². The minimum atomic E-state index is -0.744. The highest BCUT2D eigenvalue weighted by molar-refractivity contribution is 7.13. The minimum absolute atomic E-state index is 0.0860. The molecule has 13 nitrogen and oxygen atoms in total. The number of thiazole rings is 1. The first kappa shape index (κ1) is 51.2. The third-order valence-corrected chi connectivity index (χ3v) is 14.9. The summed E-state index contributed by atoms with van der Waals surface area (Å²) in [6, 6.07) is 11.7. The fourth-order valence-corrected chi connectivity index (χ4v) is 10.8. The van der Waals surface area contributed by atoms with Crippen LogP contribution in [0.2, 0.25) is 10.0 Å². The number of rotatable bonds is 20. The van der Waals surface area contributed by atoms with Crippen LogP contribution >= 0.6 is 34.5 Å². The van der Waals surface area contributed by atoms with Crippen LogP contribution in [0.4, 0.5) is 10.2 Å². The number of aryl methyl sites for hydroxylation is 1. The fourth-order valence-electron chi connectivity index (χ4n) is 9.28. The van der Waals surface area contributed by atoms with Crippen LogP contribution in [0.15, 0.2) is 66.6 Å². The highest BCUT2D eigenvalue weighted by atomic mass is 35.5. The van der Waals surface area contributed by atoms with Crippen LogP contribution in [0.1, 0.15) is 114 Å². The van der Waals surface area contributed by atoms with Gasteiger partial charge in [-0.3, -0.25) is 14.3 Å². The van der Waals surface area contributed by atoms with Gasteiger partial charge in [-0.05, 0) is 87.4 Å². The van der Waals surface area contributed by atoms with Crippen molar-refractivity contribution in [1.82, 2.24) is 40.2 Å². The predicted molar refractivity (Wildman–Crippen MR) is 269 cm³/mol. The van der Waals surface area contributed by atoms with E-state index in [1.54, 1.807) is 29.4 Å². The van der Waals surface area contributed by atoms with Gasteiger partial charge in [0.1, 0.15) is 18.0 Å². The van der Waals surface area contributed by atoms with Crippen molar-refractivity contribution in [3.63, 3.8) is 0 Å². The Labute approximate surface area is 414 Å². The molecule has 17 heteroatoms. The van der Waals surface area contributed by atoms with Gasteiger partial charge in [-0.25, -0.2) is 14.4 Å². The molecule has 2 amide bonds. The number of pyridine rings is 1. The summed E-state index contributed by atoms with van der Waals surface area (Å²) in [7, 11) is 0. The zero-order valence-electron chi connectivity index (χ0n) is 39.8. The number of hydrogen-bond acceptors (Lipinski definition) is 11. The predicted octanol–water partition coefficient (Wildman–Crippen LogP) is 9.81. The number of nitrogens with two attached hydrogens (primary N) is 1. The molecule has 2 saturated heterocycles. The summed E-state index contributed by atoms with van der Waals surface area (Å²) >= 11 is 14.2. The third-order valence-electron chi connectivity index (χ3n) is 13.2. The molecule has 5 N–H and O–H groups in total. The average molecular weight is 991 g/mol. The number of aliphatic hydroxyl groups excluding tert-OH is 1. The maximum absolute atomic E-state index is 14.2. The van der Waals surface area contributed by atoms with Gasteiger partial charge in [0.15, 0.2) is 11.6 Å². The summed E-state index contributed by atoms with van der Waals surface area (Å²) < 4.78 is 22.3. The summed E-state index contributed by atoms with van der Waals surface area (Å²) in [5.41, 5.74) is 12.7. The van der Waals surface area contributed by atoms with Gasteiger partial charge in [0.2, 0.25) is 11.8 Å². The number of hydrogen-bond donors (Lipinski definition) is 4. The summed E-state index contributed by atoms with van der Waals surface area (Å²) in [4.78, 5) is 41.5. The number of nitrogens with zero attached hydrogens (tertiary/aromatic N) is 6. The van der Waals surface area contributed by atoms with Crippen molar-refractivity contribution in [3.05, 3.63) is 99.2 Å². The number of benzene rings is 2. The lowest BCUT2D eigenvalue weighted by Gasteiger charge is -2.35. The monoisotopic (exact) mass is 989 g/mol. The Morgan fingerprint density at radius 3 is 2.41 bits per heavy atom. The topological polar surface area (TPSA) is 164 Å². The van der Waals surface area contributed by atoms with E-state index in [9.17, 15) is 19.1 Å². The zero-order chi connectivity index (χ0) is 48.5. The number of ether oxygens (including phenoxy) is 1. The zero-order valence-corrected chi connectivity index (χ0v) is 42.1. The van der Waals surface area contributed by atoms with Crippen LogP contribution in [0.5, 0.6) is 5.75 Å². The number of nitrogen functional groups attached to an aromatic ring is 1. The van der Waals surface area contributed by atoms with Crippen molar-refractivity contribution in [2.24, 2.45) is 5.41 Å². The number of likely N-dealkylation sites (tertiary alicyclic amines) is 2. The second-order valence-corrected chi connectivity index (χ2v) is 21.0. The van der Waals surface area contributed by atoms with E-state index in [-0.39, 0.29) is 41.0 Å². The Morgan fingerprint density at radius 1 is 0.985 bits per heavy atom. The lowest BCUT2D eigenvalue weighted by molar-refractivity contribution is -0.142. The molecule has 0 saturated carbocycles. The van der Waals surface area contributed by atoms with E-state index >= 15 is 0 Å². The molecule has 4 atom stereocenters. The number of piperidine rings is 1. The molecule has 7 rings (SSSR count). The van der Waals surface area contributed by atoms with Crippen molar-refractivity contribution >= 4 is 52.2 Å². The molecular weight excluding hydrogens is 925 g/mol.